The lowest BCUT2D eigenvalue weighted by atomic mass is 9.92. The lowest BCUT2D eigenvalue weighted by Crippen LogP contribution is -2.11. The molecule has 1 aromatic carbocycles. The van der Waals surface area contributed by atoms with Gasteiger partial charge in [-0.3, -0.25) is 4.79 Å². The van der Waals surface area contributed by atoms with Crippen LogP contribution in [-0.4, -0.2) is 12.3 Å². The standard InChI is InChI=1S/C15H23NO/c1-2-6-13(11-12-16)9-10-15(17)14-7-4-3-5-8-14/h3-5,7-8,13H,2,6,9-12,16H2,1H3. The first-order valence-electron chi connectivity index (χ1n) is 6.56. The van der Waals surface area contributed by atoms with E-state index in [4.69, 9.17) is 5.73 Å². The fourth-order valence-electron chi connectivity index (χ4n) is 2.18. The predicted octanol–water partition coefficient (Wildman–Crippen LogP) is 3.41. The lowest BCUT2D eigenvalue weighted by molar-refractivity contribution is 0.0972. The molecule has 2 heteroatoms. The van der Waals surface area contributed by atoms with Gasteiger partial charge in [-0.05, 0) is 25.3 Å². The zero-order valence-electron chi connectivity index (χ0n) is 10.7. The highest BCUT2D eigenvalue weighted by Crippen LogP contribution is 2.18. The smallest absolute Gasteiger partial charge is 0.162 e. The fourth-order valence-corrected chi connectivity index (χ4v) is 2.18. The summed E-state index contributed by atoms with van der Waals surface area (Å²) in [5.74, 6) is 0.862. The van der Waals surface area contributed by atoms with E-state index in [1.54, 1.807) is 0 Å². The highest BCUT2D eigenvalue weighted by molar-refractivity contribution is 5.95. The van der Waals surface area contributed by atoms with Crippen LogP contribution in [0.25, 0.3) is 0 Å². The Hall–Kier alpha value is -1.15. The minimum absolute atomic E-state index is 0.253. The summed E-state index contributed by atoms with van der Waals surface area (Å²) in [6.45, 7) is 2.91. The number of Topliss-reactive ketones (excluding diaryl/α,β-unsaturated/α-hetero) is 1. The summed E-state index contributed by atoms with van der Waals surface area (Å²) in [6, 6.07) is 9.54. The SMILES string of the molecule is CCCC(CCN)CCC(=O)c1ccccc1. The third kappa shape index (κ3) is 5.14. The van der Waals surface area contributed by atoms with Crippen LogP contribution in [0, 0.1) is 5.92 Å². The van der Waals surface area contributed by atoms with Gasteiger partial charge in [0.25, 0.3) is 0 Å². The van der Waals surface area contributed by atoms with Crippen molar-refractivity contribution in [2.75, 3.05) is 6.54 Å². The maximum absolute atomic E-state index is 11.9. The zero-order chi connectivity index (χ0) is 12.5. The average molecular weight is 233 g/mol. The molecule has 1 aromatic rings. The third-order valence-corrected chi connectivity index (χ3v) is 3.15. The zero-order valence-corrected chi connectivity index (χ0v) is 10.7. The molecule has 0 aliphatic rings. The van der Waals surface area contributed by atoms with E-state index in [-0.39, 0.29) is 5.78 Å². The number of benzene rings is 1. The molecule has 17 heavy (non-hydrogen) atoms. The Morgan fingerprint density at radius 1 is 1.18 bits per heavy atom. The van der Waals surface area contributed by atoms with Crippen molar-refractivity contribution in [2.45, 2.75) is 39.0 Å². The third-order valence-electron chi connectivity index (χ3n) is 3.15. The van der Waals surface area contributed by atoms with E-state index >= 15 is 0 Å². The van der Waals surface area contributed by atoms with Crippen LogP contribution in [0.2, 0.25) is 0 Å². The number of hydrogen-bond donors (Lipinski definition) is 1. The second-order valence-electron chi connectivity index (χ2n) is 4.56. The van der Waals surface area contributed by atoms with Gasteiger partial charge in [-0.15, -0.1) is 0 Å². The van der Waals surface area contributed by atoms with Crippen molar-refractivity contribution >= 4 is 5.78 Å². The average Bonchev–Trinajstić information content (AvgIpc) is 2.37. The normalized spacial score (nSPS) is 12.4. The fraction of sp³-hybridized carbons (Fsp3) is 0.533. The summed E-state index contributed by atoms with van der Waals surface area (Å²) in [4.78, 5) is 11.9. The number of ketones is 1. The molecule has 2 nitrogen and oxygen atoms in total. The number of nitrogens with two attached hydrogens (primary N) is 1. The minimum atomic E-state index is 0.253. The van der Waals surface area contributed by atoms with Gasteiger partial charge in [0, 0.05) is 12.0 Å². The predicted molar refractivity (Wildman–Crippen MR) is 72.1 cm³/mol. The second-order valence-corrected chi connectivity index (χ2v) is 4.56. The summed E-state index contributed by atoms with van der Waals surface area (Å²) in [6.07, 6.45) is 5.01. The van der Waals surface area contributed by atoms with Crippen molar-refractivity contribution in [3.8, 4) is 0 Å². The maximum Gasteiger partial charge on any atom is 0.162 e. The molecule has 0 fully saturated rings. The highest BCUT2D eigenvalue weighted by atomic mass is 16.1. The number of rotatable bonds is 8. The van der Waals surface area contributed by atoms with Gasteiger partial charge in [0.05, 0.1) is 0 Å². The van der Waals surface area contributed by atoms with Crippen LogP contribution < -0.4 is 5.73 Å². The van der Waals surface area contributed by atoms with Crippen LogP contribution in [-0.2, 0) is 0 Å². The molecule has 0 saturated heterocycles. The molecule has 0 saturated carbocycles. The molecule has 2 N–H and O–H groups in total. The molecule has 0 aliphatic heterocycles. The van der Waals surface area contributed by atoms with Gasteiger partial charge in [-0.1, -0.05) is 50.1 Å². The molecule has 0 amide bonds. The molecule has 1 rings (SSSR count). The van der Waals surface area contributed by atoms with Gasteiger partial charge in [0.2, 0.25) is 0 Å². The van der Waals surface area contributed by atoms with Crippen LogP contribution in [0.5, 0.6) is 0 Å². The van der Waals surface area contributed by atoms with Gasteiger partial charge in [-0.25, -0.2) is 0 Å². The molecule has 0 aromatic heterocycles. The van der Waals surface area contributed by atoms with E-state index in [1.807, 2.05) is 30.3 Å². The molecule has 0 aliphatic carbocycles. The molecule has 0 bridgehead atoms. The summed E-state index contributed by atoms with van der Waals surface area (Å²) < 4.78 is 0. The first-order valence-corrected chi connectivity index (χ1v) is 6.56. The molecule has 0 radical (unpaired) electrons. The molecule has 94 valence electrons. The first kappa shape index (κ1) is 13.9. The van der Waals surface area contributed by atoms with Crippen molar-refractivity contribution in [1.82, 2.24) is 0 Å². The topological polar surface area (TPSA) is 43.1 Å². The van der Waals surface area contributed by atoms with Crippen molar-refractivity contribution in [3.05, 3.63) is 35.9 Å². The Bertz CT molecular complexity index is 315. The Morgan fingerprint density at radius 3 is 2.47 bits per heavy atom. The van der Waals surface area contributed by atoms with Crippen LogP contribution in [0.15, 0.2) is 30.3 Å². The molecule has 0 spiro atoms. The van der Waals surface area contributed by atoms with E-state index in [1.165, 1.54) is 12.8 Å². The van der Waals surface area contributed by atoms with Crippen molar-refractivity contribution in [2.24, 2.45) is 11.7 Å². The number of carbonyl (C=O) groups excluding carboxylic acids is 1. The Kier molecular flexibility index (Phi) is 6.56. The number of carbonyl (C=O) groups is 1. The van der Waals surface area contributed by atoms with Crippen LogP contribution in [0.4, 0.5) is 0 Å². The van der Waals surface area contributed by atoms with Gasteiger partial charge in [-0.2, -0.15) is 0 Å². The Balaban J connectivity index is 2.41. The minimum Gasteiger partial charge on any atom is -0.330 e. The first-order chi connectivity index (χ1) is 8.27. The van der Waals surface area contributed by atoms with E-state index in [0.29, 0.717) is 12.3 Å². The molecule has 1 atom stereocenters. The summed E-state index contributed by atoms with van der Waals surface area (Å²) in [7, 11) is 0. The van der Waals surface area contributed by atoms with Crippen molar-refractivity contribution < 1.29 is 4.79 Å². The van der Waals surface area contributed by atoms with Gasteiger partial charge in [0.1, 0.15) is 0 Å². The van der Waals surface area contributed by atoms with Gasteiger partial charge < -0.3 is 5.73 Å². The van der Waals surface area contributed by atoms with Crippen LogP contribution >= 0.6 is 0 Å². The van der Waals surface area contributed by atoms with Crippen LogP contribution in [0.1, 0.15) is 49.4 Å². The van der Waals surface area contributed by atoms with Crippen molar-refractivity contribution in [1.29, 1.82) is 0 Å². The van der Waals surface area contributed by atoms with E-state index < -0.39 is 0 Å². The largest absolute Gasteiger partial charge is 0.330 e. The Labute approximate surface area is 104 Å². The van der Waals surface area contributed by atoms with E-state index in [0.717, 1.165) is 24.9 Å². The Morgan fingerprint density at radius 2 is 1.88 bits per heavy atom. The number of hydrogen-bond acceptors (Lipinski definition) is 2. The van der Waals surface area contributed by atoms with E-state index in [9.17, 15) is 4.79 Å². The lowest BCUT2D eigenvalue weighted by Gasteiger charge is -2.14. The highest BCUT2D eigenvalue weighted by Gasteiger charge is 2.11. The molecular weight excluding hydrogens is 210 g/mol. The molecular formula is C15H23NO. The van der Waals surface area contributed by atoms with E-state index in [2.05, 4.69) is 6.92 Å². The van der Waals surface area contributed by atoms with Crippen molar-refractivity contribution in [3.63, 3.8) is 0 Å². The van der Waals surface area contributed by atoms with Crippen LogP contribution in [0.3, 0.4) is 0 Å². The van der Waals surface area contributed by atoms with Gasteiger partial charge in [0.15, 0.2) is 5.78 Å². The second kappa shape index (κ2) is 8.02. The summed E-state index contributed by atoms with van der Waals surface area (Å²) >= 11 is 0. The monoisotopic (exact) mass is 233 g/mol. The molecule has 1 unspecified atom stereocenters. The van der Waals surface area contributed by atoms with Gasteiger partial charge >= 0.3 is 0 Å². The molecule has 0 heterocycles. The maximum atomic E-state index is 11.9. The summed E-state index contributed by atoms with van der Waals surface area (Å²) in [5, 5.41) is 0. The summed E-state index contributed by atoms with van der Waals surface area (Å²) in [5.41, 5.74) is 6.42. The quantitative estimate of drug-likeness (QED) is 0.699.